The topological polar surface area (TPSA) is 12.5 Å². The van der Waals surface area contributed by atoms with Crippen molar-refractivity contribution >= 4 is 0 Å². The summed E-state index contributed by atoms with van der Waals surface area (Å²) in [6.07, 6.45) is 6.79. The summed E-state index contributed by atoms with van der Waals surface area (Å²) < 4.78 is 5.30. The van der Waals surface area contributed by atoms with Gasteiger partial charge in [-0.3, -0.25) is 0 Å². The number of piperidine rings is 1. The maximum atomic E-state index is 5.30. The van der Waals surface area contributed by atoms with E-state index in [0.717, 1.165) is 13.2 Å². The SMILES string of the molecule is CCOCCCCN1CCCCC1. The highest BCUT2D eigenvalue weighted by molar-refractivity contribution is 4.63. The van der Waals surface area contributed by atoms with Crippen molar-refractivity contribution in [3.8, 4) is 0 Å². The van der Waals surface area contributed by atoms with Gasteiger partial charge in [0.15, 0.2) is 0 Å². The summed E-state index contributed by atoms with van der Waals surface area (Å²) in [5.41, 5.74) is 0. The molecule has 0 aromatic heterocycles. The van der Waals surface area contributed by atoms with Crippen molar-refractivity contribution in [1.29, 1.82) is 0 Å². The van der Waals surface area contributed by atoms with E-state index in [1.807, 2.05) is 0 Å². The van der Waals surface area contributed by atoms with E-state index in [1.165, 1.54) is 51.7 Å². The molecule has 2 heteroatoms. The zero-order valence-electron chi connectivity index (χ0n) is 8.93. The van der Waals surface area contributed by atoms with Gasteiger partial charge < -0.3 is 9.64 Å². The third-order valence-corrected chi connectivity index (χ3v) is 2.67. The van der Waals surface area contributed by atoms with Gasteiger partial charge in [-0.05, 0) is 52.2 Å². The summed E-state index contributed by atoms with van der Waals surface area (Å²) in [5, 5.41) is 0. The predicted molar refractivity (Wildman–Crippen MR) is 56.0 cm³/mol. The van der Waals surface area contributed by atoms with Crippen molar-refractivity contribution in [3.05, 3.63) is 0 Å². The quantitative estimate of drug-likeness (QED) is 0.589. The molecule has 0 aliphatic carbocycles. The summed E-state index contributed by atoms with van der Waals surface area (Å²) in [7, 11) is 0. The third kappa shape index (κ3) is 5.27. The second kappa shape index (κ2) is 7.34. The average Bonchev–Trinajstić information content (AvgIpc) is 2.19. The highest BCUT2D eigenvalue weighted by Crippen LogP contribution is 2.09. The normalized spacial score (nSPS) is 19.2. The van der Waals surface area contributed by atoms with Crippen LogP contribution in [-0.4, -0.2) is 37.7 Å². The Morgan fingerprint density at radius 1 is 1.08 bits per heavy atom. The molecule has 0 saturated carbocycles. The smallest absolute Gasteiger partial charge is 0.0466 e. The van der Waals surface area contributed by atoms with E-state index < -0.39 is 0 Å². The molecular weight excluding hydrogens is 162 g/mol. The van der Waals surface area contributed by atoms with E-state index in [9.17, 15) is 0 Å². The van der Waals surface area contributed by atoms with Crippen LogP contribution in [0, 0.1) is 0 Å². The Bertz CT molecular complexity index is 111. The van der Waals surface area contributed by atoms with Crippen LogP contribution in [-0.2, 0) is 4.74 Å². The number of hydrogen-bond donors (Lipinski definition) is 0. The highest BCUT2D eigenvalue weighted by Gasteiger charge is 2.08. The molecular formula is C11H23NO. The van der Waals surface area contributed by atoms with Crippen LogP contribution in [0.25, 0.3) is 0 Å². The first-order chi connectivity index (χ1) is 6.43. The zero-order valence-corrected chi connectivity index (χ0v) is 8.93. The molecule has 0 bridgehead atoms. The van der Waals surface area contributed by atoms with Gasteiger partial charge in [-0.1, -0.05) is 6.42 Å². The van der Waals surface area contributed by atoms with Gasteiger partial charge in [0, 0.05) is 13.2 Å². The molecule has 0 atom stereocenters. The zero-order chi connectivity index (χ0) is 9.36. The van der Waals surface area contributed by atoms with E-state index in [1.54, 1.807) is 0 Å². The Balaban J connectivity index is 1.86. The van der Waals surface area contributed by atoms with Crippen molar-refractivity contribution in [1.82, 2.24) is 4.90 Å². The number of likely N-dealkylation sites (tertiary alicyclic amines) is 1. The fourth-order valence-corrected chi connectivity index (χ4v) is 1.87. The van der Waals surface area contributed by atoms with Crippen LogP contribution in [0.4, 0.5) is 0 Å². The van der Waals surface area contributed by atoms with Gasteiger partial charge in [0.2, 0.25) is 0 Å². The van der Waals surface area contributed by atoms with Crippen molar-refractivity contribution in [2.45, 2.75) is 39.0 Å². The van der Waals surface area contributed by atoms with E-state index in [-0.39, 0.29) is 0 Å². The first kappa shape index (κ1) is 11.0. The van der Waals surface area contributed by atoms with Gasteiger partial charge in [-0.25, -0.2) is 0 Å². The summed E-state index contributed by atoms with van der Waals surface area (Å²) >= 11 is 0. The number of hydrogen-bond acceptors (Lipinski definition) is 2. The van der Waals surface area contributed by atoms with Gasteiger partial charge in [0.05, 0.1) is 0 Å². The number of rotatable bonds is 6. The molecule has 0 amide bonds. The molecule has 1 aliphatic heterocycles. The maximum absolute atomic E-state index is 5.30. The van der Waals surface area contributed by atoms with Crippen molar-refractivity contribution in [2.24, 2.45) is 0 Å². The molecule has 1 fully saturated rings. The van der Waals surface area contributed by atoms with Crippen LogP contribution in [0.5, 0.6) is 0 Å². The molecule has 1 aliphatic rings. The molecule has 0 N–H and O–H groups in total. The Morgan fingerprint density at radius 3 is 2.54 bits per heavy atom. The fraction of sp³-hybridized carbons (Fsp3) is 1.00. The lowest BCUT2D eigenvalue weighted by atomic mass is 10.1. The van der Waals surface area contributed by atoms with Crippen molar-refractivity contribution < 1.29 is 4.74 Å². The Morgan fingerprint density at radius 2 is 1.85 bits per heavy atom. The lowest BCUT2D eigenvalue weighted by Gasteiger charge is -2.26. The van der Waals surface area contributed by atoms with Crippen molar-refractivity contribution in [2.75, 3.05) is 32.8 Å². The predicted octanol–water partition coefficient (Wildman–Crippen LogP) is 2.29. The standard InChI is InChI=1S/C11H23NO/c1-2-13-11-7-6-10-12-8-4-3-5-9-12/h2-11H2,1H3. The molecule has 78 valence electrons. The molecule has 13 heavy (non-hydrogen) atoms. The van der Waals surface area contributed by atoms with Gasteiger partial charge in [-0.15, -0.1) is 0 Å². The molecule has 1 heterocycles. The second-order valence-electron chi connectivity index (χ2n) is 3.81. The minimum atomic E-state index is 0.865. The summed E-state index contributed by atoms with van der Waals surface area (Å²) in [5.74, 6) is 0. The Labute approximate surface area is 82.3 Å². The van der Waals surface area contributed by atoms with E-state index in [4.69, 9.17) is 4.74 Å². The molecule has 0 radical (unpaired) electrons. The van der Waals surface area contributed by atoms with Crippen LogP contribution in [0.1, 0.15) is 39.0 Å². The van der Waals surface area contributed by atoms with E-state index >= 15 is 0 Å². The van der Waals surface area contributed by atoms with Crippen molar-refractivity contribution in [3.63, 3.8) is 0 Å². The first-order valence-corrected chi connectivity index (χ1v) is 5.73. The monoisotopic (exact) mass is 185 g/mol. The maximum Gasteiger partial charge on any atom is 0.0466 e. The van der Waals surface area contributed by atoms with Crippen LogP contribution in [0.15, 0.2) is 0 Å². The lowest BCUT2D eigenvalue weighted by molar-refractivity contribution is 0.137. The summed E-state index contributed by atoms with van der Waals surface area (Å²) in [4.78, 5) is 2.59. The number of nitrogens with zero attached hydrogens (tertiary/aromatic N) is 1. The molecule has 0 aromatic rings. The minimum Gasteiger partial charge on any atom is -0.382 e. The van der Waals surface area contributed by atoms with Gasteiger partial charge in [0.1, 0.15) is 0 Å². The second-order valence-corrected chi connectivity index (χ2v) is 3.81. The van der Waals surface area contributed by atoms with Crippen LogP contribution >= 0.6 is 0 Å². The Hall–Kier alpha value is -0.0800. The van der Waals surface area contributed by atoms with Crippen LogP contribution < -0.4 is 0 Å². The van der Waals surface area contributed by atoms with Crippen LogP contribution in [0.2, 0.25) is 0 Å². The molecule has 2 nitrogen and oxygen atoms in total. The third-order valence-electron chi connectivity index (χ3n) is 2.67. The van der Waals surface area contributed by atoms with E-state index in [2.05, 4.69) is 11.8 Å². The number of unbranched alkanes of at least 4 members (excludes halogenated alkanes) is 1. The summed E-state index contributed by atoms with van der Waals surface area (Å²) in [6.45, 7) is 7.81. The highest BCUT2D eigenvalue weighted by atomic mass is 16.5. The van der Waals surface area contributed by atoms with Crippen LogP contribution in [0.3, 0.4) is 0 Å². The minimum absolute atomic E-state index is 0.865. The van der Waals surface area contributed by atoms with Gasteiger partial charge in [0.25, 0.3) is 0 Å². The molecule has 1 rings (SSSR count). The summed E-state index contributed by atoms with van der Waals surface area (Å²) in [6, 6.07) is 0. The molecule has 0 aromatic carbocycles. The Kier molecular flexibility index (Phi) is 6.21. The van der Waals surface area contributed by atoms with Gasteiger partial charge >= 0.3 is 0 Å². The largest absolute Gasteiger partial charge is 0.382 e. The lowest BCUT2D eigenvalue weighted by Crippen LogP contribution is -2.30. The first-order valence-electron chi connectivity index (χ1n) is 5.73. The molecule has 0 unspecified atom stereocenters. The molecule has 1 saturated heterocycles. The molecule has 0 spiro atoms. The van der Waals surface area contributed by atoms with E-state index in [0.29, 0.717) is 0 Å². The van der Waals surface area contributed by atoms with Gasteiger partial charge in [-0.2, -0.15) is 0 Å². The fourth-order valence-electron chi connectivity index (χ4n) is 1.87. The average molecular weight is 185 g/mol. The number of ether oxygens (including phenoxy) is 1.